The predicted molar refractivity (Wildman–Crippen MR) is 78.8 cm³/mol. The first-order chi connectivity index (χ1) is 9.33. The molecule has 1 aromatic heterocycles. The van der Waals surface area contributed by atoms with Crippen LogP contribution in [0.4, 0.5) is 11.4 Å². The Bertz CT molecular complexity index is 385. The average molecular weight is 264 g/mol. The molecule has 1 fully saturated rings. The van der Waals surface area contributed by atoms with Gasteiger partial charge in [0.1, 0.15) is 0 Å². The second-order valence-corrected chi connectivity index (χ2v) is 4.87. The van der Waals surface area contributed by atoms with Crippen molar-refractivity contribution >= 4 is 11.4 Å². The lowest BCUT2D eigenvalue weighted by Crippen LogP contribution is -2.32. The lowest BCUT2D eigenvalue weighted by Gasteiger charge is -2.23. The van der Waals surface area contributed by atoms with Gasteiger partial charge in [0.05, 0.1) is 30.4 Å². The fraction of sp³-hybridized carbons (Fsp3) is 0.643. The van der Waals surface area contributed by atoms with Gasteiger partial charge in [-0.05, 0) is 26.0 Å². The van der Waals surface area contributed by atoms with Crippen LogP contribution < -0.4 is 10.2 Å². The molecule has 2 heterocycles. The van der Waals surface area contributed by atoms with Crippen molar-refractivity contribution in [1.82, 2.24) is 9.88 Å². The molecule has 1 aromatic rings. The highest BCUT2D eigenvalue weighted by atomic mass is 16.3. The van der Waals surface area contributed by atoms with E-state index < -0.39 is 0 Å². The van der Waals surface area contributed by atoms with Crippen LogP contribution in [0.5, 0.6) is 0 Å². The van der Waals surface area contributed by atoms with Gasteiger partial charge < -0.3 is 15.3 Å². The van der Waals surface area contributed by atoms with E-state index in [9.17, 15) is 0 Å². The summed E-state index contributed by atoms with van der Waals surface area (Å²) < 4.78 is 0. The third kappa shape index (κ3) is 4.08. The average Bonchev–Trinajstić information content (AvgIpc) is 2.66. The zero-order valence-electron chi connectivity index (χ0n) is 11.7. The van der Waals surface area contributed by atoms with Gasteiger partial charge in [-0.2, -0.15) is 0 Å². The summed E-state index contributed by atoms with van der Waals surface area (Å²) in [7, 11) is 0. The van der Waals surface area contributed by atoms with Crippen LogP contribution in [0.2, 0.25) is 0 Å². The molecule has 0 bridgehead atoms. The van der Waals surface area contributed by atoms with Crippen LogP contribution in [0.1, 0.15) is 13.3 Å². The summed E-state index contributed by atoms with van der Waals surface area (Å²) in [6, 6.07) is 2.16. The van der Waals surface area contributed by atoms with Crippen molar-refractivity contribution in [3.63, 3.8) is 0 Å². The molecule has 2 N–H and O–H groups in total. The molecular weight excluding hydrogens is 240 g/mol. The lowest BCUT2D eigenvalue weighted by molar-refractivity contribution is 0.204. The fourth-order valence-corrected chi connectivity index (χ4v) is 2.50. The number of anilines is 2. The Kier molecular flexibility index (Phi) is 5.42. The number of aliphatic hydroxyl groups is 1. The number of nitrogens with one attached hydrogen (secondary N) is 1. The van der Waals surface area contributed by atoms with E-state index in [-0.39, 0.29) is 6.61 Å². The molecule has 0 radical (unpaired) electrons. The van der Waals surface area contributed by atoms with Gasteiger partial charge in [-0.3, -0.25) is 9.88 Å². The SMILES string of the molecule is CCNc1cncc(N2CCCN(CCO)CC2)c1. The van der Waals surface area contributed by atoms with Crippen LogP contribution in [-0.2, 0) is 0 Å². The van der Waals surface area contributed by atoms with Gasteiger partial charge in [-0.25, -0.2) is 0 Å². The van der Waals surface area contributed by atoms with Crippen LogP contribution in [0.25, 0.3) is 0 Å². The van der Waals surface area contributed by atoms with E-state index in [4.69, 9.17) is 5.11 Å². The maximum atomic E-state index is 9.02. The second kappa shape index (κ2) is 7.31. The van der Waals surface area contributed by atoms with Crippen molar-refractivity contribution in [3.05, 3.63) is 18.5 Å². The van der Waals surface area contributed by atoms with Crippen LogP contribution in [0, 0.1) is 0 Å². The van der Waals surface area contributed by atoms with E-state index in [1.807, 2.05) is 12.4 Å². The van der Waals surface area contributed by atoms with Crippen LogP contribution in [0.3, 0.4) is 0 Å². The molecule has 1 aliphatic rings. The molecule has 0 unspecified atom stereocenters. The van der Waals surface area contributed by atoms with Crippen molar-refractivity contribution in [2.45, 2.75) is 13.3 Å². The minimum Gasteiger partial charge on any atom is -0.395 e. The molecule has 5 nitrogen and oxygen atoms in total. The topological polar surface area (TPSA) is 51.6 Å². The number of pyridine rings is 1. The molecule has 0 saturated carbocycles. The molecular formula is C14H24N4O. The molecule has 5 heteroatoms. The van der Waals surface area contributed by atoms with Gasteiger partial charge in [-0.1, -0.05) is 0 Å². The Hall–Kier alpha value is -1.33. The fourth-order valence-electron chi connectivity index (χ4n) is 2.50. The summed E-state index contributed by atoms with van der Waals surface area (Å²) in [6.07, 6.45) is 4.93. The smallest absolute Gasteiger partial charge is 0.0573 e. The summed E-state index contributed by atoms with van der Waals surface area (Å²) in [5.41, 5.74) is 2.26. The molecule has 19 heavy (non-hydrogen) atoms. The van der Waals surface area contributed by atoms with Crippen LogP contribution in [-0.4, -0.2) is 60.9 Å². The van der Waals surface area contributed by atoms with E-state index in [0.717, 1.165) is 51.4 Å². The van der Waals surface area contributed by atoms with Crippen molar-refractivity contribution < 1.29 is 5.11 Å². The van der Waals surface area contributed by atoms with Crippen molar-refractivity contribution in [1.29, 1.82) is 0 Å². The van der Waals surface area contributed by atoms with E-state index in [1.165, 1.54) is 5.69 Å². The first kappa shape index (κ1) is 14.1. The Labute approximate surface area is 115 Å². The Morgan fingerprint density at radius 2 is 2.16 bits per heavy atom. The highest BCUT2D eigenvalue weighted by molar-refractivity contribution is 5.55. The molecule has 0 amide bonds. The number of β-amino-alcohol motifs (C(OH)–C–C–N with tert-alkyl or cyclic N) is 1. The van der Waals surface area contributed by atoms with E-state index >= 15 is 0 Å². The summed E-state index contributed by atoms with van der Waals surface area (Å²) in [6.45, 7) is 8.15. The largest absolute Gasteiger partial charge is 0.395 e. The maximum Gasteiger partial charge on any atom is 0.0573 e. The minimum atomic E-state index is 0.247. The van der Waals surface area contributed by atoms with Crippen molar-refractivity contribution in [2.24, 2.45) is 0 Å². The van der Waals surface area contributed by atoms with E-state index in [0.29, 0.717) is 0 Å². The van der Waals surface area contributed by atoms with Crippen molar-refractivity contribution in [2.75, 3.05) is 56.1 Å². The predicted octanol–water partition coefficient (Wildman–Crippen LogP) is 1.02. The van der Waals surface area contributed by atoms with E-state index in [2.05, 4.69) is 33.1 Å². The number of hydrogen-bond donors (Lipinski definition) is 2. The van der Waals surface area contributed by atoms with Gasteiger partial charge in [0.25, 0.3) is 0 Å². The molecule has 0 atom stereocenters. The van der Waals surface area contributed by atoms with Gasteiger partial charge in [-0.15, -0.1) is 0 Å². The summed E-state index contributed by atoms with van der Waals surface area (Å²) in [5, 5.41) is 12.3. The van der Waals surface area contributed by atoms with E-state index in [1.54, 1.807) is 0 Å². The second-order valence-electron chi connectivity index (χ2n) is 4.87. The lowest BCUT2D eigenvalue weighted by atomic mass is 10.3. The molecule has 0 spiro atoms. The van der Waals surface area contributed by atoms with Crippen molar-refractivity contribution in [3.8, 4) is 0 Å². The zero-order valence-corrected chi connectivity index (χ0v) is 11.7. The Morgan fingerprint density at radius 3 is 2.95 bits per heavy atom. The zero-order chi connectivity index (χ0) is 13.5. The Morgan fingerprint density at radius 1 is 1.26 bits per heavy atom. The Balaban J connectivity index is 1.99. The summed E-state index contributed by atoms with van der Waals surface area (Å²) in [4.78, 5) is 9.01. The van der Waals surface area contributed by atoms with Crippen LogP contribution >= 0.6 is 0 Å². The molecule has 1 aliphatic heterocycles. The first-order valence-electron chi connectivity index (χ1n) is 7.10. The summed E-state index contributed by atoms with van der Waals surface area (Å²) in [5.74, 6) is 0. The number of hydrogen-bond acceptors (Lipinski definition) is 5. The monoisotopic (exact) mass is 264 g/mol. The highest BCUT2D eigenvalue weighted by Gasteiger charge is 2.15. The minimum absolute atomic E-state index is 0.247. The number of aliphatic hydroxyl groups excluding tert-OH is 1. The molecule has 2 rings (SSSR count). The van der Waals surface area contributed by atoms with Gasteiger partial charge >= 0.3 is 0 Å². The number of rotatable bonds is 5. The van der Waals surface area contributed by atoms with Gasteiger partial charge in [0, 0.05) is 32.7 Å². The maximum absolute atomic E-state index is 9.02. The molecule has 0 aromatic carbocycles. The third-order valence-electron chi connectivity index (χ3n) is 3.47. The standard InChI is InChI=1S/C14H24N4O/c1-2-16-13-10-14(12-15-11-13)18-5-3-4-17(6-7-18)8-9-19/h10-12,16,19H,2-9H2,1H3. The van der Waals surface area contributed by atoms with Gasteiger partial charge in [0.2, 0.25) is 0 Å². The third-order valence-corrected chi connectivity index (χ3v) is 3.47. The molecule has 1 saturated heterocycles. The van der Waals surface area contributed by atoms with Gasteiger partial charge in [0.15, 0.2) is 0 Å². The summed E-state index contributed by atoms with van der Waals surface area (Å²) >= 11 is 0. The van der Waals surface area contributed by atoms with Crippen LogP contribution in [0.15, 0.2) is 18.5 Å². The number of aromatic nitrogens is 1. The highest BCUT2D eigenvalue weighted by Crippen LogP contribution is 2.19. The normalized spacial score (nSPS) is 17.3. The molecule has 0 aliphatic carbocycles. The quantitative estimate of drug-likeness (QED) is 0.831. The first-order valence-corrected chi connectivity index (χ1v) is 7.10. The molecule has 106 valence electrons. The number of nitrogens with zero attached hydrogens (tertiary/aromatic N) is 3.